The predicted molar refractivity (Wildman–Crippen MR) is 58.8 cm³/mol. The SMILES string of the molecule is CCC(C(=O)O)N1CCN(C)CC1CN. The first-order valence-corrected chi connectivity index (χ1v) is 5.47. The van der Waals surface area contributed by atoms with Gasteiger partial charge in [0.25, 0.3) is 0 Å². The maximum absolute atomic E-state index is 11.1. The van der Waals surface area contributed by atoms with Gasteiger partial charge in [0.1, 0.15) is 6.04 Å². The van der Waals surface area contributed by atoms with Crippen LogP contribution < -0.4 is 5.73 Å². The average Bonchev–Trinajstić information content (AvgIpc) is 2.20. The van der Waals surface area contributed by atoms with Crippen molar-refractivity contribution in [3.63, 3.8) is 0 Å². The molecule has 0 saturated carbocycles. The molecule has 1 rings (SSSR count). The molecule has 5 nitrogen and oxygen atoms in total. The minimum atomic E-state index is -0.736. The van der Waals surface area contributed by atoms with E-state index in [0.29, 0.717) is 13.0 Å². The van der Waals surface area contributed by atoms with Crippen LogP contribution in [0.4, 0.5) is 0 Å². The van der Waals surface area contributed by atoms with Gasteiger partial charge in [0, 0.05) is 32.2 Å². The molecular weight excluding hydrogens is 194 g/mol. The maximum atomic E-state index is 11.1. The van der Waals surface area contributed by atoms with Gasteiger partial charge in [-0.05, 0) is 13.5 Å². The third-order valence-corrected chi connectivity index (χ3v) is 3.08. The molecule has 88 valence electrons. The van der Waals surface area contributed by atoms with Crippen molar-refractivity contribution in [2.24, 2.45) is 5.73 Å². The van der Waals surface area contributed by atoms with E-state index in [4.69, 9.17) is 10.8 Å². The number of hydrogen-bond donors (Lipinski definition) is 2. The van der Waals surface area contributed by atoms with Crippen LogP contribution in [0.2, 0.25) is 0 Å². The maximum Gasteiger partial charge on any atom is 0.320 e. The van der Waals surface area contributed by atoms with Crippen molar-refractivity contribution in [3.05, 3.63) is 0 Å². The Bertz CT molecular complexity index is 223. The summed E-state index contributed by atoms with van der Waals surface area (Å²) < 4.78 is 0. The van der Waals surface area contributed by atoms with Crippen LogP contribution in [0.5, 0.6) is 0 Å². The van der Waals surface area contributed by atoms with Crippen LogP contribution in [-0.2, 0) is 4.79 Å². The second-order valence-corrected chi connectivity index (χ2v) is 4.15. The first-order valence-electron chi connectivity index (χ1n) is 5.47. The Morgan fingerprint density at radius 2 is 2.27 bits per heavy atom. The van der Waals surface area contributed by atoms with Crippen LogP contribution in [0.15, 0.2) is 0 Å². The molecule has 0 radical (unpaired) electrons. The van der Waals surface area contributed by atoms with Crippen molar-refractivity contribution in [3.8, 4) is 0 Å². The molecule has 5 heteroatoms. The van der Waals surface area contributed by atoms with Crippen LogP contribution in [0.25, 0.3) is 0 Å². The molecule has 0 aromatic heterocycles. The lowest BCUT2D eigenvalue weighted by molar-refractivity contribution is -0.145. The highest BCUT2D eigenvalue weighted by atomic mass is 16.4. The third-order valence-electron chi connectivity index (χ3n) is 3.08. The van der Waals surface area contributed by atoms with Gasteiger partial charge >= 0.3 is 5.97 Å². The van der Waals surface area contributed by atoms with Gasteiger partial charge in [0.2, 0.25) is 0 Å². The fraction of sp³-hybridized carbons (Fsp3) is 0.900. The van der Waals surface area contributed by atoms with E-state index in [1.54, 1.807) is 0 Å². The molecule has 0 aromatic carbocycles. The van der Waals surface area contributed by atoms with Crippen molar-refractivity contribution in [2.75, 3.05) is 33.2 Å². The normalized spacial score (nSPS) is 26.5. The van der Waals surface area contributed by atoms with Gasteiger partial charge in [0.15, 0.2) is 0 Å². The highest BCUT2D eigenvalue weighted by Crippen LogP contribution is 2.14. The number of rotatable bonds is 4. The number of piperazine rings is 1. The Balaban J connectivity index is 2.69. The van der Waals surface area contributed by atoms with Crippen LogP contribution >= 0.6 is 0 Å². The summed E-state index contributed by atoms with van der Waals surface area (Å²) in [6.07, 6.45) is 0.634. The first-order chi connectivity index (χ1) is 7.10. The van der Waals surface area contributed by atoms with E-state index in [2.05, 4.69) is 4.90 Å². The third kappa shape index (κ3) is 2.90. The summed E-state index contributed by atoms with van der Waals surface area (Å²) in [5.41, 5.74) is 5.69. The van der Waals surface area contributed by atoms with Gasteiger partial charge in [-0.25, -0.2) is 0 Å². The average molecular weight is 215 g/mol. The fourth-order valence-corrected chi connectivity index (χ4v) is 2.20. The van der Waals surface area contributed by atoms with E-state index in [-0.39, 0.29) is 12.1 Å². The summed E-state index contributed by atoms with van der Waals surface area (Å²) in [6.45, 7) is 5.00. The lowest BCUT2D eigenvalue weighted by Crippen LogP contribution is -2.59. The second kappa shape index (κ2) is 5.44. The minimum Gasteiger partial charge on any atom is -0.480 e. The van der Waals surface area contributed by atoms with Gasteiger partial charge < -0.3 is 15.7 Å². The van der Waals surface area contributed by atoms with E-state index in [1.165, 1.54) is 0 Å². The summed E-state index contributed by atoms with van der Waals surface area (Å²) in [4.78, 5) is 15.3. The summed E-state index contributed by atoms with van der Waals surface area (Å²) >= 11 is 0. The van der Waals surface area contributed by atoms with Crippen molar-refractivity contribution >= 4 is 5.97 Å². The molecule has 0 amide bonds. The highest BCUT2D eigenvalue weighted by molar-refractivity contribution is 5.73. The number of hydrogen-bond acceptors (Lipinski definition) is 4. The lowest BCUT2D eigenvalue weighted by Gasteiger charge is -2.42. The number of likely N-dealkylation sites (N-methyl/N-ethyl adjacent to an activating group) is 1. The molecule has 0 aromatic rings. The van der Waals surface area contributed by atoms with Crippen molar-refractivity contribution in [1.82, 2.24) is 9.80 Å². The lowest BCUT2D eigenvalue weighted by atomic mass is 10.1. The van der Waals surface area contributed by atoms with E-state index in [1.807, 2.05) is 18.9 Å². The molecular formula is C10H21N3O2. The summed E-state index contributed by atoms with van der Waals surface area (Å²) in [6, 6.07) is -0.211. The molecule has 15 heavy (non-hydrogen) atoms. The molecule has 2 unspecified atom stereocenters. The topological polar surface area (TPSA) is 69.8 Å². The minimum absolute atomic E-state index is 0.171. The molecule has 1 aliphatic rings. The monoisotopic (exact) mass is 215 g/mol. The summed E-state index contributed by atoms with van der Waals surface area (Å²) in [7, 11) is 2.04. The van der Waals surface area contributed by atoms with Crippen molar-refractivity contribution in [2.45, 2.75) is 25.4 Å². The Kier molecular flexibility index (Phi) is 4.50. The second-order valence-electron chi connectivity index (χ2n) is 4.15. The molecule has 1 aliphatic heterocycles. The Hall–Kier alpha value is -0.650. The summed E-state index contributed by atoms with van der Waals surface area (Å²) in [5, 5.41) is 9.11. The largest absolute Gasteiger partial charge is 0.480 e. The molecule has 1 saturated heterocycles. The standard InChI is InChI=1S/C10H21N3O2/c1-3-9(10(14)15)13-5-4-12(2)7-8(13)6-11/h8-9H,3-7,11H2,1-2H3,(H,14,15). The predicted octanol–water partition coefficient (Wildman–Crippen LogP) is -0.576. The molecule has 1 heterocycles. The molecule has 3 N–H and O–H groups in total. The zero-order chi connectivity index (χ0) is 11.4. The van der Waals surface area contributed by atoms with Crippen LogP contribution in [0.1, 0.15) is 13.3 Å². The summed E-state index contributed by atoms with van der Waals surface area (Å²) in [5.74, 6) is -0.736. The highest BCUT2D eigenvalue weighted by Gasteiger charge is 2.32. The van der Waals surface area contributed by atoms with Crippen LogP contribution in [0.3, 0.4) is 0 Å². The van der Waals surface area contributed by atoms with Crippen molar-refractivity contribution in [1.29, 1.82) is 0 Å². The molecule has 1 fully saturated rings. The first kappa shape index (κ1) is 12.4. The number of carboxylic acid groups (broad SMARTS) is 1. The smallest absolute Gasteiger partial charge is 0.320 e. The zero-order valence-corrected chi connectivity index (χ0v) is 9.52. The van der Waals surface area contributed by atoms with Gasteiger partial charge in [0.05, 0.1) is 0 Å². The van der Waals surface area contributed by atoms with Crippen LogP contribution in [-0.4, -0.2) is 66.2 Å². The Morgan fingerprint density at radius 3 is 2.73 bits per heavy atom. The van der Waals surface area contributed by atoms with Gasteiger partial charge in [-0.2, -0.15) is 0 Å². The number of carboxylic acids is 1. The molecule has 0 bridgehead atoms. The number of nitrogens with zero attached hydrogens (tertiary/aromatic N) is 2. The van der Waals surface area contributed by atoms with Gasteiger partial charge in [-0.15, -0.1) is 0 Å². The number of nitrogens with two attached hydrogens (primary N) is 1. The number of carbonyl (C=O) groups is 1. The van der Waals surface area contributed by atoms with Crippen LogP contribution in [0, 0.1) is 0 Å². The fourth-order valence-electron chi connectivity index (χ4n) is 2.20. The van der Waals surface area contributed by atoms with Gasteiger partial charge in [-0.3, -0.25) is 9.69 Å². The van der Waals surface area contributed by atoms with Gasteiger partial charge in [-0.1, -0.05) is 6.92 Å². The zero-order valence-electron chi connectivity index (χ0n) is 9.52. The molecule has 2 atom stereocenters. The van der Waals surface area contributed by atoms with E-state index in [0.717, 1.165) is 19.6 Å². The van der Waals surface area contributed by atoms with E-state index < -0.39 is 5.97 Å². The van der Waals surface area contributed by atoms with Crippen molar-refractivity contribution < 1.29 is 9.90 Å². The number of aliphatic carboxylic acids is 1. The van der Waals surface area contributed by atoms with E-state index >= 15 is 0 Å². The Morgan fingerprint density at radius 1 is 1.60 bits per heavy atom. The quantitative estimate of drug-likeness (QED) is 0.657. The van der Waals surface area contributed by atoms with E-state index in [9.17, 15) is 4.79 Å². The Labute approximate surface area is 90.8 Å². The molecule has 0 aliphatic carbocycles. The molecule has 0 spiro atoms.